The summed E-state index contributed by atoms with van der Waals surface area (Å²) in [6.45, 7) is -0.361. The number of nitrogens with one attached hydrogen (secondary N) is 1. The SMILES string of the molecule is O=S(=O)(Nc1ccncc1Br)c1ccc(CO)cc1F. The lowest BCUT2D eigenvalue weighted by Crippen LogP contribution is -2.15. The van der Waals surface area contributed by atoms with Gasteiger partial charge in [-0.05, 0) is 39.7 Å². The Kier molecular flexibility index (Phi) is 4.36. The lowest BCUT2D eigenvalue weighted by Gasteiger charge is -2.10. The number of nitrogens with zero attached hydrogens (tertiary/aromatic N) is 1. The van der Waals surface area contributed by atoms with Gasteiger partial charge in [-0.2, -0.15) is 0 Å². The van der Waals surface area contributed by atoms with Crippen LogP contribution in [0.15, 0.2) is 46.0 Å². The van der Waals surface area contributed by atoms with Crippen molar-refractivity contribution in [2.75, 3.05) is 4.72 Å². The van der Waals surface area contributed by atoms with E-state index in [1.54, 1.807) is 0 Å². The van der Waals surface area contributed by atoms with Crippen molar-refractivity contribution >= 4 is 31.6 Å². The third kappa shape index (κ3) is 3.14. The van der Waals surface area contributed by atoms with Gasteiger partial charge in [0, 0.05) is 12.4 Å². The molecular formula is C12H10BrFN2O3S. The summed E-state index contributed by atoms with van der Waals surface area (Å²) in [5.41, 5.74) is 0.553. The van der Waals surface area contributed by atoms with Gasteiger partial charge in [0.05, 0.1) is 16.8 Å². The Morgan fingerprint density at radius 1 is 1.35 bits per heavy atom. The van der Waals surface area contributed by atoms with Gasteiger partial charge in [-0.25, -0.2) is 12.8 Å². The minimum absolute atomic E-state index is 0.255. The van der Waals surface area contributed by atoms with Crippen LogP contribution in [0.5, 0.6) is 0 Å². The van der Waals surface area contributed by atoms with E-state index in [-0.39, 0.29) is 12.3 Å². The number of aliphatic hydroxyl groups is 1. The number of pyridine rings is 1. The Balaban J connectivity index is 2.39. The van der Waals surface area contributed by atoms with Crippen LogP contribution in [0, 0.1) is 5.82 Å². The summed E-state index contributed by atoms with van der Waals surface area (Å²) in [7, 11) is -4.06. The maximum absolute atomic E-state index is 13.8. The highest BCUT2D eigenvalue weighted by Crippen LogP contribution is 2.25. The summed E-state index contributed by atoms with van der Waals surface area (Å²) in [5.74, 6) is -0.922. The number of aromatic nitrogens is 1. The van der Waals surface area contributed by atoms with Crippen LogP contribution in [0.2, 0.25) is 0 Å². The summed E-state index contributed by atoms with van der Waals surface area (Å²) in [5, 5.41) is 8.88. The van der Waals surface area contributed by atoms with E-state index >= 15 is 0 Å². The van der Waals surface area contributed by atoms with Crippen molar-refractivity contribution in [3.05, 3.63) is 52.5 Å². The zero-order valence-corrected chi connectivity index (χ0v) is 12.4. The van der Waals surface area contributed by atoms with Crippen LogP contribution in [0.1, 0.15) is 5.56 Å². The predicted octanol–water partition coefficient (Wildman–Crippen LogP) is 2.28. The van der Waals surface area contributed by atoms with E-state index < -0.39 is 20.7 Å². The molecule has 0 aliphatic heterocycles. The van der Waals surface area contributed by atoms with Crippen molar-refractivity contribution in [3.63, 3.8) is 0 Å². The molecular weight excluding hydrogens is 351 g/mol. The molecule has 0 saturated heterocycles. The molecule has 0 unspecified atom stereocenters. The smallest absolute Gasteiger partial charge is 0.264 e. The standard InChI is InChI=1S/C12H10BrFN2O3S/c13-9-6-15-4-3-11(9)16-20(18,19)12-2-1-8(7-17)5-10(12)14/h1-6,17H,7H2,(H,15,16). The number of hydrogen-bond acceptors (Lipinski definition) is 4. The first-order valence-electron chi connectivity index (χ1n) is 5.45. The first kappa shape index (κ1) is 14.9. The van der Waals surface area contributed by atoms with Gasteiger partial charge in [0.2, 0.25) is 0 Å². The molecule has 2 aromatic rings. The second-order valence-corrected chi connectivity index (χ2v) is 6.39. The number of aliphatic hydroxyl groups excluding tert-OH is 1. The van der Waals surface area contributed by atoms with E-state index in [4.69, 9.17) is 5.11 Å². The fourth-order valence-electron chi connectivity index (χ4n) is 1.52. The Morgan fingerprint density at radius 3 is 2.70 bits per heavy atom. The minimum atomic E-state index is -4.06. The lowest BCUT2D eigenvalue weighted by molar-refractivity contribution is 0.281. The van der Waals surface area contributed by atoms with Gasteiger partial charge in [0.15, 0.2) is 0 Å². The first-order chi connectivity index (χ1) is 9.44. The normalized spacial score (nSPS) is 11.3. The molecule has 2 N–H and O–H groups in total. The van der Waals surface area contributed by atoms with Crippen molar-refractivity contribution in [1.29, 1.82) is 0 Å². The molecule has 1 heterocycles. The number of rotatable bonds is 4. The summed E-state index contributed by atoms with van der Waals surface area (Å²) < 4.78 is 40.7. The van der Waals surface area contributed by atoms with Crippen molar-refractivity contribution in [2.45, 2.75) is 11.5 Å². The van der Waals surface area contributed by atoms with Crippen LogP contribution in [-0.2, 0) is 16.6 Å². The molecule has 106 valence electrons. The maximum Gasteiger partial charge on any atom is 0.264 e. The molecule has 0 amide bonds. The highest BCUT2D eigenvalue weighted by Gasteiger charge is 2.20. The van der Waals surface area contributed by atoms with Crippen LogP contribution in [0.3, 0.4) is 0 Å². The van der Waals surface area contributed by atoms with Gasteiger partial charge in [-0.3, -0.25) is 9.71 Å². The quantitative estimate of drug-likeness (QED) is 0.876. The molecule has 0 bridgehead atoms. The summed E-state index contributed by atoms with van der Waals surface area (Å²) >= 11 is 3.15. The van der Waals surface area contributed by atoms with Crippen LogP contribution in [-0.4, -0.2) is 18.5 Å². The number of sulfonamides is 1. The van der Waals surface area contributed by atoms with Crippen LogP contribution >= 0.6 is 15.9 Å². The van der Waals surface area contributed by atoms with Crippen LogP contribution in [0.25, 0.3) is 0 Å². The van der Waals surface area contributed by atoms with Crippen molar-refractivity contribution < 1.29 is 17.9 Å². The van der Waals surface area contributed by atoms with Gasteiger partial charge in [-0.1, -0.05) is 6.07 Å². The first-order valence-corrected chi connectivity index (χ1v) is 7.73. The minimum Gasteiger partial charge on any atom is -0.392 e. The molecule has 0 atom stereocenters. The van der Waals surface area contributed by atoms with Gasteiger partial charge >= 0.3 is 0 Å². The van der Waals surface area contributed by atoms with Crippen LogP contribution in [0.4, 0.5) is 10.1 Å². The average Bonchev–Trinajstić information content (AvgIpc) is 2.40. The molecule has 5 nitrogen and oxygen atoms in total. The molecule has 1 aromatic heterocycles. The van der Waals surface area contributed by atoms with Gasteiger partial charge in [0.1, 0.15) is 10.7 Å². The number of benzene rings is 1. The average molecular weight is 361 g/mol. The molecule has 0 fully saturated rings. The van der Waals surface area contributed by atoms with E-state index in [2.05, 4.69) is 25.6 Å². The molecule has 2 rings (SSSR count). The third-order valence-electron chi connectivity index (χ3n) is 2.49. The Hall–Kier alpha value is -1.51. The fourth-order valence-corrected chi connectivity index (χ4v) is 3.14. The topological polar surface area (TPSA) is 79.3 Å². The second kappa shape index (κ2) is 5.86. The largest absolute Gasteiger partial charge is 0.392 e. The van der Waals surface area contributed by atoms with E-state index in [0.29, 0.717) is 10.0 Å². The monoisotopic (exact) mass is 360 g/mol. The molecule has 20 heavy (non-hydrogen) atoms. The highest BCUT2D eigenvalue weighted by atomic mass is 79.9. The summed E-state index contributed by atoms with van der Waals surface area (Å²) in [6.07, 6.45) is 2.83. The lowest BCUT2D eigenvalue weighted by atomic mass is 10.2. The summed E-state index contributed by atoms with van der Waals surface area (Å²) in [4.78, 5) is 3.32. The molecule has 0 spiro atoms. The Morgan fingerprint density at radius 2 is 2.10 bits per heavy atom. The zero-order valence-electron chi connectivity index (χ0n) is 10.0. The summed E-state index contributed by atoms with van der Waals surface area (Å²) in [6, 6.07) is 4.88. The fraction of sp³-hybridized carbons (Fsp3) is 0.0833. The maximum atomic E-state index is 13.8. The van der Waals surface area contributed by atoms with Gasteiger partial charge in [-0.15, -0.1) is 0 Å². The van der Waals surface area contributed by atoms with E-state index in [1.807, 2.05) is 0 Å². The highest BCUT2D eigenvalue weighted by molar-refractivity contribution is 9.10. The molecule has 0 aliphatic rings. The van der Waals surface area contributed by atoms with Crippen molar-refractivity contribution in [3.8, 4) is 0 Å². The number of anilines is 1. The van der Waals surface area contributed by atoms with Crippen molar-refractivity contribution in [2.24, 2.45) is 0 Å². The van der Waals surface area contributed by atoms with Crippen LogP contribution < -0.4 is 4.72 Å². The third-order valence-corrected chi connectivity index (χ3v) is 4.52. The van der Waals surface area contributed by atoms with Crippen molar-refractivity contribution in [1.82, 2.24) is 4.98 Å². The Bertz CT molecular complexity index is 737. The molecule has 0 radical (unpaired) electrons. The predicted molar refractivity (Wildman–Crippen MR) is 75.1 cm³/mol. The molecule has 0 aliphatic carbocycles. The van der Waals surface area contributed by atoms with Gasteiger partial charge in [0.25, 0.3) is 10.0 Å². The molecule has 1 aromatic carbocycles. The number of halogens is 2. The van der Waals surface area contributed by atoms with E-state index in [1.165, 1.54) is 24.5 Å². The second-order valence-electron chi connectivity index (χ2n) is 3.88. The van der Waals surface area contributed by atoms with Gasteiger partial charge < -0.3 is 5.11 Å². The number of hydrogen-bond donors (Lipinski definition) is 2. The molecule has 8 heteroatoms. The van der Waals surface area contributed by atoms with E-state index in [9.17, 15) is 12.8 Å². The Labute approximate surface area is 123 Å². The zero-order chi connectivity index (χ0) is 14.8. The van der Waals surface area contributed by atoms with E-state index in [0.717, 1.165) is 12.1 Å². The molecule has 0 saturated carbocycles.